The molecule has 6 nitrogen and oxygen atoms in total. The Labute approximate surface area is 227 Å². The second-order valence-electron chi connectivity index (χ2n) is 10.0. The average Bonchev–Trinajstić information content (AvgIpc) is 2.94. The van der Waals surface area contributed by atoms with Crippen molar-refractivity contribution in [3.63, 3.8) is 0 Å². The molecule has 1 amide bonds. The van der Waals surface area contributed by atoms with Crippen LogP contribution in [0.4, 0.5) is 0 Å². The molecule has 0 saturated carbocycles. The molecule has 0 spiro atoms. The summed E-state index contributed by atoms with van der Waals surface area (Å²) in [5.74, 6) is 0.0409. The Hall–Kier alpha value is -3.48. The quantitative estimate of drug-likeness (QED) is 0.337. The molecule has 7 heteroatoms. The van der Waals surface area contributed by atoms with Gasteiger partial charge in [0.05, 0.1) is 10.9 Å². The molecule has 0 atom stereocenters. The summed E-state index contributed by atoms with van der Waals surface area (Å²) in [6.45, 7) is 1.84. The van der Waals surface area contributed by atoms with Gasteiger partial charge in [-0.25, -0.2) is 0 Å². The molecule has 2 heterocycles. The highest BCUT2D eigenvalue weighted by Gasteiger charge is 2.21. The van der Waals surface area contributed by atoms with Crippen LogP contribution >= 0.6 is 11.6 Å². The van der Waals surface area contributed by atoms with Gasteiger partial charge in [-0.3, -0.25) is 14.3 Å². The highest BCUT2D eigenvalue weighted by atomic mass is 35.5. The van der Waals surface area contributed by atoms with Gasteiger partial charge in [0.25, 0.3) is 5.91 Å². The van der Waals surface area contributed by atoms with Gasteiger partial charge < -0.3 is 10.1 Å². The van der Waals surface area contributed by atoms with Crippen molar-refractivity contribution in [3.8, 4) is 0 Å². The monoisotopic (exact) mass is 529 g/mol. The Morgan fingerprint density at radius 3 is 2.47 bits per heavy atom. The Morgan fingerprint density at radius 2 is 1.74 bits per heavy atom. The van der Waals surface area contributed by atoms with E-state index in [4.69, 9.17) is 16.3 Å². The zero-order valence-electron chi connectivity index (χ0n) is 21.6. The molecule has 3 aromatic carbocycles. The topological polar surface area (TPSA) is 73.2 Å². The van der Waals surface area contributed by atoms with Crippen LogP contribution in [-0.4, -0.2) is 28.9 Å². The number of ether oxygens (including phenoxy) is 1. The number of nitrogens with one attached hydrogen (secondary N) is 1. The SMILES string of the molecule is Cn1nc(C(=O)NCc2ccc(Cl)cc2)c(=O)c2cc(CC3CCOCC3)cc(CCc3ccccc3)c21. The van der Waals surface area contributed by atoms with Gasteiger partial charge in [-0.15, -0.1) is 0 Å². The molecule has 1 fully saturated rings. The summed E-state index contributed by atoms with van der Waals surface area (Å²) in [5, 5.41) is 8.46. The number of amides is 1. The fourth-order valence-corrected chi connectivity index (χ4v) is 5.35. The van der Waals surface area contributed by atoms with Gasteiger partial charge in [0, 0.05) is 31.8 Å². The lowest BCUT2D eigenvalue weighted by Crippen LogP contribution is -2.31. The van der Waals surface area contributed by atoms with Crippen molar-refractivity contribution < 1.29 is 9.53 Å². The molecule has 1 aliphatic heterocycles. The number of halogens is 1. The van der Waals surface area contributed by atoms with Crippen molar-refractivity contribution in [2.45, 2.75) is 38.6 Å². The van der Waals surface area contributed by atoms with Gasteiger partial charge in [0.1, 0.15) is 0 Å². The van der Waals surface area contributed by atoms with Crippen LogP contribution in [0.3, 0.4) is 0 Å². The van der Waals surface area contributed by atoms with E-state index in [1.807, 2.05) is 43.4 Å². The normalized spacial score (nSPS) is 14.1. The number of benzene rings is 3. The zero-order valence-corrected chi connectivity index (χ0v) is 22.3. The van der Waals surface area contributed by atoms with Gasteiger partial charge in [-0.1, -0.05) is 60.1 Å². The van der Waals surface area contributed by atoms with E-state index in [0.29, 0.717) is 16.3 Å². The molecule has 1 N–H and O–H groups in total. The standard InChI is InChI=1S/C31H32ClN3O3/c1-35-29-25(10-7-21-5-3-2-4-6-21)18-24(17-22-13-15-38-16-14-22)19-27(29)30(36)28(34-35)31(37)33-20-23-8-11-26(32)12-9-23/h2-6,8-9,11-12,18-19,22H,7,10,13-17,20H2,1H3,(H,33,37). The van der Waals surface area contributed by atoms with Crippen LogP contribution in [0.15, 0.2) is 71.5 Å². The Morgan fingerprint density at radius 1 is 1.00 bits per heavy atom. The van der Waals surface area contributed by atoms with E-state index in [1.54, 1.807) is 16.8 Å². The van der Waals surface area contributed by atoms with Crippen molar-refractivity contribution in [2.75, 3.05) is 13.2 Å². The van der Waals surface area contributed by atoms with Crippen LogP contribution in [0, 0.1) is 5.92 Å². The van der Waals surface area contributed by atoms with Crippen molar-refractivity contribution in [3.05, 3.63) is 110 Å². The molecule has 0 aliphatic carbocycles. The lowest BCUT2D eigenvalue weighted by atomic mass is 9.90. The number of hydrogen-bond donors (Lipinski definition) is 1. The summed E-state index contributed by atoms with van der Waals surface area (Å²) < 4.78 is 7.23. The molecular weight excluding hydrogens is 498 g/mol. The molecule has 0 radical (unpaired) electrons. The van der Waals surface area contributed by atoms with Crippen molar-refractivity contribution in [2.24, 2.45) is 13.0 Å². The van der Waals surface area contributed by atoms with E-state index in [0.717, 1.165) is 67.5 Å². The van der Waals surface area contributed by atoms with E-state index in [1.165, 1.54) is 5.56 Å². The average molecular weight is 530 g/mol. The maximum Gasteiger partial charge on any atom is 0.276 e. The van der Waals surface area contributed by atoms with E-state index in [9.17, 15) is 9.59 Å². The van der Waals surface area contributed by atoms with Crippen molar-refractivity contribution >= 4 is 28.4 Å². The molecule has 0 unspecified atom stereocenters. The summed E-state index contributed by atoms with van der Waals surface area (Å²) in [5.41, 5.74) is 4.70. The van der Waals surface area contributed by atoms with Crippen molar-refractivity contribution in [1.29, 1.82) is 0 Å². The second-order valence-corrected chi connectivity index (χ2v) is 10.4. The first-order valence-electron chi connectivity index (χ1n) is 13.1. The van der Waals surface area contributed by atoms with Crippen LogP contribution in [0.1, 0.15) is 45.6 Å². The number of fused-ring (bicyclic) bond motifs is 1. The third kappa shape index (κ3) is 6.14. The van der Waals surface area contributed by atoms with E-state index in [2.05, 4.69) is 28.6 Å². The van der Waals surface area contributed by atoms with Crippen molar-refractivity contribution in [1.82, 2.24) is 15.1 Å². The Balaban J connectivity index is 1.48. The molecule has 1 aromatic heterocycles. The Bertz CT molecular complexity index is 1480. The largest absolute Gasteiger partial charge is 0.381 e. The molecule has 38 heavy (non-hydrogen) atoms. The first-order chi connectivity index (χ1) is 18.5. The highest BCUT2D eigenvalue weighted by Crippen LogP contribution is 2.25. The Kier molecular flexibility index (Phi) is 8.20. The van der Waals surface area contributed by atoms with E-state index < -0.39 is 5.91 Å². The highest BCUT2D eigenvalue weighted by molar-refractivity contribution is 6.30. The number of rotatable bonds is 8. The first kappa shape index (κ1) is 26.1. The second kappa shape index (κ2) is 11.9. The maximum absolute atomic E-state index is 13.7. The molecular formula is C31H32ClN3O3. The third-order valence-corrected chi connectivity index (χ3v) is 7.51. The van der Waals surface area contributed by atoms with Gasteiger partial charge in [0.15, 0.2) is 5.69 Å². The van der Waals surface area contributed by atoms with Gasteiger partial charge in [-0.05, 0) is 78.5 Å². The van der Waals surface area contributed by atoms with Crippen LogP contribution < -0.4 is 10.7 Å². The molecule has 4 aromatic rings. The summed E-state index contributed by atoms with van der Waals surface area (Å²) in [6.07, 6.45) is 4.56. The van der Waals surface area contributed by atoms with Gasteiger partial charge in [-0.2, -0.15) is 5.10 Å². The number of carbonyl (C=O) groups excluding carboxylic acids is 1. The van der Waals surface area contributed by atoms with Gasteiger partial charge in [0.2, 0.25) is 5.43 Å². The minimum atomic E-state index is -0.483. The van der Waals surface area contributed by atoms with Crippen LogP contribution in [0.2, 0.25) is 5.02 Å². The number of hydrogen-bond acceptors (Lipinski definition) is 4. The number of nitrogens with zero attached hydrogens (tertiary/aromatic N) is 2. The molecule has 1 saturated heterocycles. The minimum absolute atomic E-state index is 0.0915. The number of carbonyl (C=O) groups is 1. The summed E-state index contributed by atoms with van der Waals surface area (Å²) in [4.78, 5) is 26.7. The summed E-state index contributed by atoms with van der Waals surface area (Å²) in [6, 6.07) is 21.8. The predicted octanol–water partition coefficient (Wildman–Crippen LogP) is 5.27. The first-order valence-corrected chi connectivity index (χ1v) is 13.5. The fraction of sp³-hybridized carbons (Fsp3) is 0.323. The minimum Gasteiger partial charge on any atom is -0.381 e. The smallest absolute Gasteiger partial charge is 0.276 e. The van der Waals surface area contributed by atoms with E-state index in [-0.39, 0.29) is 17.7 Å². The summed E-state index contributed by atoms with van der Waals surface area (Å²) >= 11 is 5.96. The van der Waals surface area contributed by atoms with Crippen LogP contribution in [-0.2, 0) is 37.6 Å². The van der Waals surface area contributed by atoms with Gasteiger partial charge >= 0.3 is 0 Å². The lowest BCUT2D eigenvalue weighted by molar-refractivity contribution is 0.0665. The molecule has 196 valence electrons. The molecule has 1 aliphatic rings. The van der Waals surface area contributed by atoms with Crippen LogP contribution in [0.5, 0.6) is 0 Å². The third-order valence-electron chi connectivity index (χ3n) is 7.25. The predicted molar refractivity (Wildman–Crippen MR) is 151 cm³/mol. The fourth-order valence-electron chi connectivity index (χ4n) is 5.22. The van der Waals surface area contributed by atoms with Crippen LogP contribution in [0.25, 0.3) is 10.9 Å². The number of aromatic nitrogens is 2. The number of aryl methyl sites for hydroxylation is 3. The molecule has 0 bridgehead atoms. The maximum atomic E-state index is 13.7. The molecule has 5 rings (SSSR count). The summed E-state index contributed by atoms with van der Waals surface area (Å²) in [7, 11) is 1.81. The zero-order chi connectivity index (χ0) is 26.5. The van der Waals surface area contributed by atoms with E-state index >= 15 is 0 Å². The lowest BCUT2D eigenvalue weighted by Gasteiger charge is -2.23.